The Bertz CT molecular complexity index is 3320. The van der Waals surface area contributed by atoms with Crippen molar-refractivity contribution in [2.75, 3.05) is 4.90 Å². The maximum Gasteiger partial charge on any atom is 0.0462 e. The number of fused-ring (bicyclic) bond motifs is 3. The summed E-state index contributed by atoms with van der Waals surface area (Å²) in [7, 11) is 0. The van der Waals surface area contributed by atoms with Gasteiger partial charge in [0.05, 0.1) is 0 Å². The van der Waals surface area contributed by atoms with E-state index in [4.69, 9.17) is 0 Å². The lowest BCUT2D eigenvalue weighted by molar-refractivity contribution is 1.28. The number of rotatable bonds is 9. The zero-order valence-corrected chi connectivity index (χ0v) is 34.8. The Morgan fingerprint density at radius 1 is 0.206 bits per heavy atom. The van der Waals surface area contributed by atoms with Gasteiger partial charge in [0.2, 0.25) is 0 Å². The van der Waals surface area contributed by atoms with Crippen LogP contribution in [0.1, 0.15) is 0 Å². The highest BCUT2D eigenvalue weighted by molar-refractivity contribution is 6.25. The molecule has 1 nitrogen and oxygen atoms in total. The molecule has 0 aliphatic heterocycles. The first kappa shape index (κ1) is 37.7. The summed E-state index contributed by atoms with van der Waals surface area (Å²) in [5.74, 6) is 0. The van der Waals surface area contributed by atoms with E-state index in [2.05, 4.69) is 266 Å². The van der Waals surface area contributed by atoms with Crippen LogP contribution in [-0.2, 0) is 0 Å². The van der Waals surface area contributed by atoms with E-state index in [9.17, 15) is 0 Å². The molecule has 1 heteroatoms. The normalized spacial score (nSPS) is 11.2. The summed E-state index contributed by atoms with van der Waals surface area (Å²) in [5, 5.41) is 5.01. The Labute approximate surface area is 369 Å². The standard InChI is InChI=1S/C62H43N/c1-6-19-44(20-7-1)50-37-42-54(59(43-50)45-21-8-2-9-22-45)46-33-38-52(39-34-46)63(51-27-14-5-15-28-51)53-40-35-47(36-41-53)55-31-18-32-58-61(49-25-12-4-13-26-49)60(48-23-10-3-11-24-48)56-29-16-17-30-57(56)62(55)58/h1-43H. The van der Waals surface area contributed by atoms with Gasteiger partial charge in [-0.2, -0.15) is 0 Å². The minimum absolute atomic E-state index is 1.09. The molecule has 0 fully saturated rings. The molecule has 0 radical (unpaired) electrons. The van der Waals surface area contributed by atoms with Crippen LogP contribution in [0.15, 0.2) is 261 Å². The molecular weight excluding hydrogens is 759 g/mol. The van der Waals surface area contributed by atoms with E-state index in [0.717, 1.165) is 17.1 Å². The van der Waals surface area contributed by atoms with Crippen LogP contribution in [0.3, 0.4) is 0 Å². The highest BCUT2D eigenvalue weighted by Gasteiger charge is 2.20. The van der Waals surface area contributed by atoms with Gasteiger partial charge in [-0.3, -0.25) is 0 Å². The third kappa shape index (κ3) is 7.16. The molecule has 0 unspecified atom stereocenters. The lowest BCUT2D eigenvalue weighted by Gasteiger charge is -2.26. The number of hydrogen-bond donors (Lipinski definition) is 0. The second-order valence-corrected chi connectivity index (χ2v) is 16.0. The molecule has 0 saturated heterocycles. The third-order valence-corrected chi connectivity index (χ3v) is 12.3. The fourth-order valence-corrected chi connectivity index (χ4v) is 9.36. The number of benzene rings is 11. The van der Waals surface area contributed by atoms with Crippen LogP contribution in [0, 0.1) is 0 Å². The Hall–Kier alpha value is -8.26. The van der Waals surface area contributed by atoms with Gasteiger partial charge in [0, 0.05) is 17.1 Å². The summed E-state index contributed by atoms with van der Waals surface area (Å²) in [4.78, 5) is 2.35. The molecule has 63 heavy (non-hydrogen) atoms. The van der Waals surface area contributed by atoms with Gasteiger partial charge in [0.1, 0.15) is 0 Å². The van der Waals surface area contributed by atoms with Crippen molar-refractivity contribution >= 4 is 38.6 Å². The average molecular weight is 802 g/mol. The second-order valence-electron chi connectivity index (χ2n) is 16.0. The molecule has 11 rings (SSSR count). The van der Waals surface area contributed by atoms with Crippen LogP contribution in [0.2, 0.25) is 0 Å². The van der Waals surface area contributed by atoms with Crippen molar-refractivity contribution in [3.63, 3.8) is 0 Å². The molecule has 0 atom stereocenters. The molecule has 296 valence electrons. The molecular formula is C62H43N. The topological polar surface area (TPSA) is 3.24 Å². The molecule has 11 aromatic rings. The van der Waals surface area contributed by atoms with E-state index in [1.165, 1.54) is 88.3 Å². The van der Waals surface area contributed by atoms with Crippen molar-refractivity contribution in [1.29, 1.82) is 0 Å². The molecule has 0 heterocycles. The minimum atomic E-state index is 1.09. The Kier molecular flexibility index (Phi) is 9.97. The summed E-state index contributed by atoms with van der Waals surface area (Å²) < 4.78 is 0. The largest absolute Gasteiger partial charge is 0.311 e. The average Bonchev–Trinajstić information content (AvgIpc) is 3.37. The summed E-state index contributed by atoms with van der Waals surface area (Å²) >= 11 is 0. The van der Waals surface area contributed by atoms with Gasteiger partial charge in [-0.1, -0.05) is 218 Å². The molecule has 0 aliphatic rings. The number of nitrogens with zero attached hydrogens (tertiary/aromatic N) is 1. The maximum absolute atomic E-state index is 2.35. The molecule has 0 amide bonds. The minimum Gasteiger partial charge on any atom is -0.311 e. The maximum atomic E-state index is 2.35. The molecule has 0 aliphatic carbocycles. The monoisotopic (exact) mass is 801 g/mol. The Morgan fingerprint density at radius 3 is 1.17 bits per heavy atom. The summed E-state index contributed by atoms with van der Waals surface area (Å²) in [6.45, 7) is 0. The Morgan fingerprint density at radius 2 is 0.603 bits per heavy atom. The molecule has 0 spiro atoms. The van der Waals surface area contributed by atoms with E-state index in [1.54, 1.807) is 0 Å². The first-order chi connectivity index (χ1) is 31.3. The Balaban J connectivity index is 1.01. The van der Waals surface area contributed by atoms with Crippen LogP contribution in [0.25, 0.3) is 88.3 Å². The number of hydrogen-bond acceptors (Lipinski definition) is 1. The molecule has 0 aromatic heterocycles. The van der Waals surface area contributed by atoms with Crippen molar-refractivity contribution in [1.82, 2.24) is 0 Å². The first-order valence-corrected chi connectivity index (χ1v) is 21.7. The summed E-state index contributed by atoms with van der Waals surface area (Å²) in [6.07, 6.45) is 0. The van der Waals surface area contributed by atoms with Gasteiger partial charge < -0.3 is 4.90 Å². The predicted molar refractivity (Wildman–Crippen MR) is 269 cm³/mol. The van der Waals surface area contributed by atoms with Gasteiger partial charge in [-0.25, -0.2) is 0 Å². The SMILES string of the molecule is c1ccc(-c2ccc(-c3ccc(N(c4ccccc4)c4ccc(-c5cccc6c(-c7ccccc7)c(-c7ccccc7)c7ccccc7c56)cc4)cc3)c(-c3ccccc3)c2)cc1. The van der Waals surface area contributed by atoms with E-state index in [0.29, 0.717) is 0 Å². The van der Waals surface area contributed by atoms with Gasteiger partial charge in [-0.05, 0) is 131 Å². The smallest absolute Gasteiger partial charge is 0.0462 e. The number of para-hydroxylation sites is 1. The highest BCUT2D eigenvalue weighted by Crippen LogP contribution is 2.47. The zero-order valence-electron chi connectivity index (χ0n) is 34.8. The van der Waals surface area contributed by atoms with Gasteiger partial charge in [-0.15, -0.1) is 0 Å². The number of anilines is 3. The van der Waals surface area contributed by atoms with E-state index < -0.39 is 0 Å². The lowest BCUT2D eigenvalue weighted by atomic mass is 9.83. The van der Waals surface area contributed by atoms with E-state index >= 15 is 0 Å². The van der Waals surface area contributed by atoms with Crippen LogP contribution >= 0.6 is 0 Å². The molecule has 0 bridgehead atoms. The fourth-order valence-electron chi connectivity index (χ4n) is 9.36. The zero-order chi connectivity index (χ0) is 42.0. The van der Waals surface area contributed by atoms with Gasteiger partial charge in [0.25, 0.3) is 0 Å². The van der Waals surface area contributed by atoms with Gasteiger partial charge in [0.15, 0.2) is 0 Å². The molecule has 0 N–H and O–H groups in total. The molecule has 11 aromatic carbocycles. The van der Waals surface area contributed by atoms with E-state index in [-0.39, 0.29) is 0 Å². The second kappa shape index (κ2) is 16.7. The summed E-state index contributed by atoms with van der Waals surface area (Å²) in [6, 6.07) is 94.4. The van der Waals surface area contributed by atoms with Crippen LogP contribution < -0.4 is 4.90 Å². The highest BCUT2D eigenvalue weighted by atomic mass is 15.1. The van der Waals surface area contributed by atoms with Crippen LogP contribution in [0.4, 0.5) is 17.1 Å². The predicted octanol–water partition coefficient (Wildman–Crippen LogP) is 17.5. The lowest BCUT2D eigenvalue weighted by Crippen LogP contribution is -2.09. The van der Waals surface area contributed by atoms with Crippen LogP contribution in [0.5, 0.6) is 0 Å². The van der Waals surface area contributed by atoms with Crippen molar-refractivity contribution in [2.45, 2.75) is 0 Å². The fraction of sp³-hybridized carbons (Fsp3) is 0. The molecule has 0 saturated carbocycles. The van der Waals surface area contributed by atoms with Crippen LogP contribution in [-0.4, -0.2) is 0 Å². The summed E-state index contributed by atoms with van der Waals surface area (Å²) in [5.41, 5.74) is 17.9. The van der Waals surface area contributed by atoms with Crippen molar-refractivity contribution in [2.24, 2.45) is 0 Å². The third-order valence-electron chi connectivity index (χ3n) is 12.3. The van der Waals surface area contributed by atoms with Crippen molar-refractivity contribution < 1.29 is 0 Å². The van der Waals surface area contributed by atoms with Crippen molar-refractivity contribution in [3.05, 3.63) is 261 Å². The first-order valence-electron chi connectivity index (χ1n) is 21.7. The van der Waals surface area contributed by atoms with Gasteiger partial charge >= 0.3 is 0 Å². The van der Waals surface area contributed by atoms with E-state index in [1.807, 2.05) is 0 Å². The van der Waals surface area contributed by atoms with Crippen molar-refractivity contribution in [3.8, 4) is 66.8 Å². The quantitative estimate of drug-likeness (QED) is 0.131.